The molecular formula is C10H5BrFN5O2. The van der Waals surface area contributed by atoms with Gasteiger partial charge in [0.25, 0.3) is 5.88 Å². The average Bonchev–Trinajstić information content (AvgIpc) is 2.81. The highest BCUT2D eigenvalue weighted by Crippen LogP contribution is 2.26. The molecule has 0 unspecified atom stereocenters. The second kappa shape index (κ2) is 4.43. The Hall–Kier alpha value is -2.29. The molecule has 3 aromatic rings. The number of rotatable bonds is 2. The lowest BCUT2D eigenvalue weighted by Gasteiger charge is -2.06. The summed E-state index contributed by atoms with van der Waals surface area (Å²) in [4.78, 5) is 7.73. The predicted molar refractivity (Wildman–Crippen MR) is 66.4 cm³/mol. The maximum atomic E-state index is 13.1. The minimum Gasteiger partial charge on any atom is -0.491 e. The van der Waals surface area contributed by atoms with Crippen molar-refractivity contribution in [3.8, 4) is 5.88 Å². The number of fused-ring (bicyclic) bond motifs is 1. The SMILES string of the molecule is Oc1nc2nonc2nc1Nc1ccc(F)c(Br)c1. The zero-order chi connectivity index (χ0) is 13.4. The van der Waals surface area contributed by atoms with Gasteiger partial charge in [0.1, 0.15) is 5.82 Å². The van der Waals surface area contributed by atoms with Crippen molar-refractivity contribution in [3.05, 3.63) is 28.5 Å². The van der Waals surface area contributed by atoms with Crippen molar-refractivity contribution in [1.29, 1.82) is 0 Å². The Morgan fingerprint density at radius 3 is 2.68 bits per heavy atom. The molecule has 0 atom stereocenters. The molecule has 1 aromatic carbocycles. The summed E-state index contributed by atoms with van der Waals surface area (Å²) in [5.41, 5.74) is 0.776. The van der Waals surface area contributed by atoms with Gasteiger partial charge >= 0.3 is 0 Å². The van der Waals surface area contributed by atoms with E-state index in [0.29, 0.717) is 5.69 Å². The van der Waals surface area contributed by atoms with Gasteiger partial charge < -0.3 is 10.4 Å². The predicted octanol–water partition coefficient (Wildman–Crippen LogP) is 2.36. The summed E-state index contributed by atoms with van der Waals surface area (Å²) >= 11 is 3.06. The van der Waals surface area contributed by atoms with Gasteiger partial charge in [0.2, 0.25) is 11.3 Å². The van der Waals surface area contributed by atoms with Crippen LogP contribution in [0.3, 0.4) is 0 Å². The molecule has 0 aliphatic carbocycles. The third kappa shape index (κ3) is 2.19. The van der Waals surface area contributed by atoms with Crippen LogP contribution in [0.5, 0.6) is 5.88 Å². The number of hydrogen-bond donors (Lipinski definition) is 2. The van der Waals surface area contributed by atoms with Crippen molar-refractivity contribution >= 4 is 38.7 Å². The molecule has 9 heteroatoms. The Kier molecular flexibility index (Phi) is 2.75. The number of hydrogen-bond acceptors (Lipinski definition) is 7. The lowest BCUT2D eigenvalue weighted by Crippen LogP contribution is -1.97. The summed E-state index contributed by atoms with van der Waals surface area (Å²) in [5.74, 6) is -0.678. The molecule has 0 saturated carbocycles. The van der Waals surface area contributed by atoms with Crippen LogP contribution < -0.4 is 5.32 Å². The van der Waals surface area contributed by atoms with Gasteiger partial charge in [-0.15, -0.1) is 0 Å². The minimum absolute atomic E-state index is 0.0710. The summed E-state index contributed by atoms with van der Waals surface area (Å²) in [5, 5.41) is 19.4. The van der Waals surface area contributed by atoms with E-state index in [2.05, 4.69) is 46.2 Å². The van der Waals surface area contributed by atoms with Gasteiger partial charge in [-0.05, 0) is 44.4 Å². The molecule has 7 nitrogen and oxygen atoms in total. The molecule has 0 amide bonds. The highest BCUT2D eigenvalue weighted by Gasteiger charge is 2.12. The second-order valence-electron chi connectivity index (χ2n) is 3.56. The number of aromatic hydroxyl groups is 1. The molecule has 0 fully saturated rings. The van der Waals surface area contributed by atoms with Gasteiger partial charge in [-0.1, -0.05) is 0 Å². The first-order valence-electron chi connectivity index (χ1n) is 5.05. The summed E-state index contributed by atoms with van der Waals surface area (Å²) in [7, 11) is 0. The monoisotopic (exact) mass is 325 g/mol. The van der Waals surface area contributed by atoms with Crippen LogP contribution in [0.4, 0.5) is 15.9 Å². The first kappa shape index (κ1) is 11.8. The molecule has 2 N–H and O–H groups in total. The fraction of sp³-hybridized carbons (Fsp3) is 0. The van der Waals surface area contributed by atoms with Crippen LogP contribution in [-0.2, 0) is 0 Å². The van der Waals surface area contributed by atoms with Gasteiger partial charge in [0.05, 0.1) is 4.47 Å². The second-order valence-corrected chi connectivity index (χ2v) is 4.42. The largest absolute Gasteiger partial charge is 0.491 e. The highest BCUT2D eigenvalue weighted by molar-refractivity contribution is 9.10. The smallest absolute Gasteiger partial charge is 0.257 e. The van der Waals surface area contributed by atoms with Gasteiger partial charge in [-0.25, -0.2) is 9.02 Å². The molecule has 0 bridgehead atoms. The zero-order valence-electron chi connectivity index (χ0n) is 9.13. The number of benzene rings is 1. The molecule has 2 aromatic heterocycles. The standard InChI is InChI=1S/C10H5BrFN5O2/c11-5-3-4(1-2-6(5)12)13-9-10(18)15-8-7(14-9)16-19-17-8/h1-3H,(H,13,14,16)(H,15,17,18). The van der Waals surface area contributed by atoms with E-state index >= 15 is 0 Å². The fourth-order valence-corrected chi connectivity index (χ4v) is 1.80. The van der Waals surface area contributed by atoms with Gasteiger partial charge in [-0.3, -0.25) is 0 Å². The first-order valence-corrected chi connectivity index (χ1v) is 5.84. The topological polar surface area (TPSA) is 97.0 Å². The molecule has 3 rings (SSSR count). The molecule has 96 valence electrons. The number of nitrogens with one attached hydrogen (secondary N) is 1. The van der Waals surface area contributed by atoms with Crippen molar-refractivity contribution in [1.82, 2.24) is 20.3 Å². The van der Waals surface area contributed by atoms with Crippen LogP contribution in [0.1, 0.15) is 0 Å². The van der Waals surface area contributed by atoms with Crippen molar-refractivity contribution in [2.45, 2.75) is 0 Å². The fourth-order valence-electron chi connectivity index (χ4n) is 1.42. The van der Waals surface area contributed by atoms with Crippen LogP contribution in [0.25, 0.3) is 11.3 Å². The third-order valence-corrected chi connectivity index (χ3v) is 2.89. The number of aromatic nitrogens is 4. The van der Waals surface area contributed by atoms with Crippen LogP contribution >= 0.6 is 15.9 Å². The average molecular weight is 326 g/mol. The molecule has 2 heterocycles. The van der Waals surface area contributed by atoms with Crippen LogP contribution in [0.15, 0.2) is 27.3 Å². The van der Waals surface area contributed by atoms with Crippen LogP contribution in [0.2, 0.25) is 0 Å². The van der Waals surface area contributed by atoms with E-state index in [-0.39, 0.29) is 27.5 Å². The van der Waals surface area contributed by atoms with E-state index in [1.807, 2.05) is 0 Å². The molecule has 19 heavy (non-hydrogen) atoms. The Morgan fingerprint density at radius 1 is 1.21 bits per heavy atom. The van der Waals surface area contributed by atoms with E-state index in [1.165, 1.54) is 18.2 Å². The van der Waals surface area contributed by atoms with Crippen molar-refractivity contribution in [2.24, 2.45) is 0 Å². The van der Waals surface area contributed by atoms with Crippen molar-refractivity contribution in [3.63, 3.8) is 0 Å². The third-order valence-electron chi connectivity index (χ3n) is 2.28. The normalized spacial score (nSPS) is 10.8. The summed E-state index contributed by atoms with van der Waals surface area (Å²) in [6.07, 6.45) is 0. The van der Waals surface area contributed by atoms with E-state index in [4.69, 9.17) is 0 Å². The van der Waals surface area contributed by atoms with Gasteiger partial charge in [0.15, 0.2) is 5.82 Å². The maximum Gasteiger partial charge on any atom is 0.257 e. The molecule has 0 spiro atoms. The number of halogens is 2. The number of nitrogens with zero attached hydrogens (tertiary/aromatic N) is 4. The Morgan fingerprint density at radius 2 is 1.95 bits per heavy atom. The van der Waals surface area contributed by atoms with E-state index in [0.717, 1.165) is 0 Å². The maximum absolute atomic E-state index is 13.1. The summed E-state index contributed by atoms with van der Waals surface area (Å²) in [6, 6.07) is 4.27. The molecule has 0 saturated heterocycles. The summed E-state index contributed by atoms with van der Waals surface area (Å²) < 4.78 is 17.8. The quantitative estimate of drug-likeness (QED) is 0.746. The van der Waals surface area contributed by atoms with Crippen molar-refractivity contribution < 1.29 is 14.1 Å². The molecule has 0 aliphatic rings. The summed E-state index contributed by atoms with van der Waals surface area (Å²) in [6.45, 7) is 0. The van der Waals surface area contributed by atoms with Gasteiger partial charge in [-0.2, -0.15) is 9.97 Å². The van der Waals surface area contributed by atoms with Gasteiger partial charge in [0, 0.05) is 5.69 Å². The van der Waals surface area contributed by atoms with Crippen LogP contribution in [-0.4, -0.2) is 25.4 Å². The lowest BCUT2D eigenvalue weighted by atomic mass is 10.3. The van der Waals surface area contributed by atoms with Crippen molar-refractivity contribution in [2.75, 3.05) is 5.32 Å². The zero-order valence-corrected chi connectivity index (χ0v) is 10.7. The number of anilines is 2. The molecule has 0 radical (unpaired) electrons. The first-order chi connectivity index (χ1) is 9.13. The minimum atomic E-state index is -0.392. The lowest BCUT2D eigenvalue weighted by molar-refractivity contribution is 0.314. The highest BCUT2D eigenvalue weighted by atomic mass is 79.9. The Labute approximate surface area is 113 Å². The molecule has 0 aliphatic heterocycles. The van der Waals surface area contributed by atoms with Crippen LogP contribution in [0, 0.1) is 5.82 Å². The van der Waals surface area contributed by atoms with E-state index < -0.39 is 5.82 Å². The Bertz CT molecular complexity index is 763. The molecular weight excluding hydrogens is 321 g/mol. The Balaban J connectivity index is 1.99. The van der Waals surface area contributed by atoms with E-state index in [1.54, 1.807) is 0 Å². The van der Waals surface area contributed by atoms with E-state index in [9.17, 15) is 9.50 Å².